The molecule has 0 spiro atoms. The van der Waals surface area contributed by atoms with Gasteiger partial charge in [-0.2, -0.15) is 0 Å². The molecule has 5 heteroatoms. The van der Waals surface area contributed by atoms with Crippen molar-refractivity contribution in [3.8, 4) is 5.75 Å². The Morgan fingerprint density at radius 1 is 1.25 bits per heavy atom. The van der Waals surface area contributed by atoms with E-state index in [0.717, 1.165) is 16.9 Å². The van der Waals surface area contributed by atoms with Gasteiger partial charge in [-0.25, -0.2) is 0 Å². The quantitative estimate of drug-likeness (QED) is 0.832. The monoisotopic (exact) mass is 346 g/mol. The number of amides is 1. The lowest BCUT2D eigenvalue weighted by atomic mass is 10.1. The van der Waals surface area contributed by atoms with Gasteiger partial charge < -0.3 is 10.1 Å². The highest BCUT2D eigenvalue weighted by Crippen LogP contribution is 2.16. The van der Waals surface area contributed by atoms with Gasteiger partial charge in [-0.1, -0.05) is 35.9 Å². The molecule has 24 heavy (non-hydrogen) atoms. The molecule has 0 saturated carbocycles. The summed E-state index contributed by atoms with van der Waals surface area (Å²) in [6.45, 7) is 2.97. The molecule has 0 bridgehead atoms. The Hall–Kier alpha value is -2.04. The number of likely N-dealkylation sites (N-methyl/N-ethyl adjacent to an activating group) is 1. The molecule has 0 aliphatic rings. The van der Waals surface area contributed by atoms with Crippen molar-refractivity contribution in [2.75, 3.05) is 20.7 Å². The maximum Gasteiger partial charge on any atom is 0.234 e. The Bertz CT molecular complexity index is 673. The molecule has 0 unspecified atom stereocenters. The second-order valence-electron chi connectivity index (χ2n) is 5.86. The van der Waals surface area contributed by atoms with Crippen LogP contribution in [0.1, 0.15) is 24.1 Å². The summed E-state index contributed by atoms with van der Waals surface area (Å²) in [5.74, 6) is 0.810. The topological polar surface area (TPSA) is 41.6 Å². The zero-order valence-corrected chi connectivity index (χ0v) is 15.0. The molecule has 1 N–H and O–H groups in total. The molecule has 0 saturated heterocycles. The number of carbonyl (C=O) groups excluding carboxylic acids is 1. The van der Waals surface area contributed by atoms with E-state index in [1.165, 1.54) is 0 Å². The molecule has 0 aromatic heterocycles. The number of hydrogen-bond donors (Lipinski definition) is 1. The summed E-state index contributed by atoms with van der Waals surface area (Å²) in [6, 6.07) is 15.3. The molecule has 0 heterocycles. The third kappa shape index (κ3) is 5.55. The number of nitrogens with one attached hydrogen (secondary N) is 1. The van der Waals surface area contributed by atoms with Crippen molar-refractivity contribution in [1.29, 1.82) is 0 Å². The number of carbonyl (C=O) groups is 1. The molecule has 0 aliphatic heterocycles. The lowest BCUT2D eigenvalue weighted by molar-refractivity contribution is -0.122. The van der Waals surface area contributed by atoms with Gasteiger partial charge in [-0.15, -0.1) is 0 Å². The SMILES string of the molecule is COc1cccc(CN(C)CC(=O)N[C@@H](C)c2ccc(Cl)cc2)c1. The van der Waals surface area contributed by atoms with E-state index in [0.29, 0.717) is 18.1 Å². The van der Waals surface area contributed by atoms with Crippen molar-refractivity contribution in [1.82, 2.24) is 10.2 Å². The maximum absolute atomic E-state index is 12.2. The number of benzene rings is 2. The van der Waals surface area contributed by atoms with Crippen LogP contribution < -0.4 is 10.1 Å². The van der Waals surface area contributed by atoms with Gasteiger partial charge in [0.15, 0.2) is 0 Å². The average Bonchev–Trinajstić information content (AvgIpc) is 2.55. The van der Waals surface area contributed by atoms with Gasteiger partial charge in [0.2, 0.25) is 5.91 Å². The predicted molar refractivity (Wildman–Crippen MR) is 97.3 cm³/mol. The van der Waals surface area contributed by atoms with Crippen LogP contribution in [0, 0.1) is 0 Å². The Morgan fingerprint density at radius 3 is 2.62 bits per heavy atom. The van der Waals surface area contributed by atoms with Crippen LogP contribution in [0.2, 0.25) is 5.02 Å². The number of methoxy groups -OCH3 is 1. The van der Waals surface area contributed by atoms with Crippen molar-refractivity contribution >= 4 is 17.5 Å². The van der Waals surface area contributed by atoms with E-state index in [2.05, 4.69) is 5.32 Å². The summed E-state index contributed by atoms with van der Waals surface area (Å²) in [4.78, 5) is 14.2. The fourth-order valence-corrected chi connectivity index (χ4v) is 2.63. The van der Waals surface area contributed by atoms with Crippen LogP contribution in [-0.4, -0.2) is 31.5 Å². The summed E-state index contributed by atoms with van der Waals surface area (Å²) in [7, 11) is 3.57. The molecule has 2 aromatic rings. The highest BCUT2D eigenvalue weighted by molar-refractivity contribution is 6.30. The first-order chi connectivity index (χ1) is 11.5. The number of rotatable bonds is 7. The molecule has 4 nitrogen and oxygen atoms in total. The Kier molecular flexibility index (Phi) is 6.64. The van der Waals surface area contributed by atoms with E-state index in [-0.39, 0.29) is 11.9 Å². The zero-order chi connectivity index (χ0) is 17.5. The van der Waals surface area contributed by atoms with E-state index in [1.54, 1.807) is 7.11 Å². The van der Waals surface area contributed by atoms with Crippen LogP contribution in [0.3, 0.4) is 0 Å². The second kappa shape index (κ2) is 8.71. The Morgan fingerprint density at radius 2 is 1.96 bits per heavy atom. The van der Waals surface area contributed by atoms with Gasteiger partial charge in [0, 0.05) is 11.6 Å². The van der Waals surface area contributed by atoms with Gasteiger partial charge in [0.1, 0.15) is 5.75 Å². The number of hydrogen-bond acceptors (Lipinski definition) is 3. The fourth-order valence-electron chi connectivity index (χ4n) is 2.51. The highest BCUT2D eigenvalue weighted by atomic mass is 35.5. The van der Waals surface area contributed by atoms with E-state index < -0.39 is 0 Å². The average molecular weight is 347 g/mol. The standard InChI is InChI=1S/C19H23ClN2O2/c1-14(16-7-9-17(20)10-8-16)21-19(23)13-22(2)12-15-5-4-6-18(11-15)24-3/h4-11,14H,12-13H2,1-3H3,(H,21,23)/t14-/m0/s1. The maximum atomic E-state index is 12.2. The molecule has 0 aliphatic carbocycles. The van der Waals surface area contributed by atoms with E-state index in [9.17, 15) is 4.79 Å². The summed E-state index contributed by atoms with van der Waals surface area (Å²) in [5.41, 5.74) is 2.14. The summed E-state index contributed by atoms with van der Waals surface area (Å²) >= 11 is 5.89. The van der Waals surface area contributed by atoms with Crippen LogP contribution in [-0.2, 0) is 11.3 Å². The Balaban J connectivity index is 1.85. The molecule has 128 valence electrons. The highest BCUT2D eigenvalue weighted by Gasteiger charge is 2.12. The minimum Gasteiger partial charge on any atom is -0.497 e. The zero-order valence-electron chi connectivity index (χ0n) is 14.3. The lowest BCUT2D eigenvalue weighted by Gasteiger charge is -2.19. The van der Waals surface area contributed by atoms with Crippen LogP contribution in [0.5, 0.6) is 5.75 Å². The fraction of sp³-hybridized carbons (Fsp3) is 0.316. The summed E-state index contributed by atoms with van der Waals surface area (Å²) < 4.78 is 5.22. The van der Waals surface area contributed by atoms with E-state index >= 15 is 0 Å². The molecule has 0 fully saturated rings. The van der Waals surface area contributed by atoms with Crippen LogP contribution in [0.25, 0.3) is 0 Å². The smallest absolute Gasteiger partial charge is 0.234 e. The first-order valence-corrected chi connectivity index (χ1v) is 8.22. The van der Waals surface area contributed by atoms with E-state index in [4.69, 9.17) is 16.3 Å². The van der Waals surface area contributed by atoms with Crippen molar-refractivity contribution in [3.05, 3.63) is 64.7 Å². The van der Waals surface area contributed by atoms with Crippen molar-refractivity contribution in [2.24, 2.45) is 0 Å². The van der Waals surface area contributed by atoms with Crippen LogP contribution in [0.15, 0.2) is 48.5 Å². The summed E-state index contributed by atoms with van der Waals surface area (Å²) in [5, 5.41) is 3.70. The van der Waals surface area contributed by atoms with Crippen LogP contribution in [0.4, 0.5) is 0 Å². The summed E-state index contributed by atoms with van der Waals surface area (Å²) in [6.07, 6.45) is 0. The van der Waals surface area contributed by atoms with Crippen molar-refractivity contribution in [2.45, 2.75) is 19.5 Å². The minimum atomic E-state index is -0.0556. The molecule has 1 atom stereocenters. The number of ether oxygens (including phenoxy) is 1. The third-order valence-corrected chi connectivity index (χ3v) is 4.00. The molecule has 2 aromatic carbocycles. The van der Waals surface area contributed by atoms with Crippen molar-refractivity contribution in [3.63, 3.8) is 0 Å². The molecule has 2 rings (SSSR count). The third-order valence-electron chi connectivity index (χ3n) is 3.75. The predicted octanol–water partition coefficient (Wildman–Crippen LogP) is 3.66. The van der Waals surface area contributed by atoms with Gasteiger partial charge in [0.25, 0.3) is 0 Å². The molecular formula is C19H23ClN2O2. The normalized spacial score (nSPS) is 12.0. The first kappa shape index (κ1) is 18.3. The second-order valence-corrected chi connectivity index (χ2v) is 6.30. The van der Waals surface area contributed by atoms with Gasteiger partial charge in [-0.05, 0) is 49.4 Å². The number of halogens is 1. The van der Waals surface area contributed by atoms with Crippen LogP contribution >= 0.6 is 11.6 Å². The first-order valence-electron chi connectivity index (χ1n) is 7.84. The van der Waals surface area contributed by atoms with Crippen molar-refractivity contribution < 1.29 is 9.53 Å². The Labute approximate surface area is 148 Å². The van der Waals surface area contributed by atoms with E-state index in [1.807, 2.05) is 67.4 Å². The lowest BCUT2D eigenvalue weighted by Crippen LogP contribution is -2.36. The van der Waals surface area contributed by atoms with Gasteiger partial charge in [-0.3, -0.25) is 9.69 Å². The number of nitrogens with zero attached hydrogens (tertiary/aromatic N) is 1. The minimum absolute atomic E-state index is 0.0113. The molecule has 0 radical (unpaired) electrons. The van der Waals surface area contributed by atoms with Gasteiger partial charge >= 0.3 is 0 Å². The molecule has 1 amide bonds. The molecular weight excluding hydrogens is 324 g/mol. The largest absolute Gasteiger partial charge is 0.497 e. The van der Waals surface area contributed by atoms with Gasteiger partial charge in [0.05, 0.1) is 19.7 Å².